The van der Waals surface area contributed by atoms with Gasteiger partial charge in [0.1, 0.15) is 11.5 Å². The lowest BCUT2D eigenvalue weighted by Gasteiger charge is -2.28. The molecule has 1 aromatic carbocycles. The number of carbonyl (C=O) groups is 1. The number of nitrogens with one attached hydrogen (secondary N) is 1. The third kappa shape index (κ3) is 4.17. The normalized spacial score (nSPS) is 14.1. The molecular weight excluding hydrogens is 340 g/mol. The number of hydrogen-bond donors (Lipinski definition) is 1. The summed E-state index contributed by atoms with van der Waals surface area (Å²) in [5.74, 6) is 0.382. The van der Waals surface area contributed by atoms with Crippen molar-refractivity contribution in [2.45, 2.75) is 6.54 Å². The first-order valence-corrected chi connectivity index (χ1v) is 9.09. The number of carbonyl (C=O) groups excluding carboxylic acids is 1. The van der Waals surface area contributed by atoms with Crippen LogP contribution < -0.4 is 10.2 Å². The molecule has 27 heavy (non-hydrogen) atoms. The second-order valence-electron chi connectivity index (χ2n) is 6.46. The first-order chi connectivity index (χ1) is 13.3. The monoisotopic (exact) mass is 362 g/mol. The minimum Gasteiger partial charge on any atom is -0.378 e. The molecule has 1 amide bonds. The van der Waals surface area contributed by atoms with E-state index in [2.05, 4.69) is 15.2 Å². The Morgan fingerprint density at radius 2 is 1.85 bits per heavy atom. The number of benzene rings is 1. The number of morpholine rings is 1. The Hall–Kier alpha value is -3.12. The largest absolute Gasteiger partial charge is 0.378 e. The summed E-state index contributed by atoms with van der Waals surface area (Å²) in [5.41, 5.74) is 2.80. The molecule has 0 unspecified atom stereocenters. The van der Waals surface area contributed by atoms with Crippen LogP contribution in [0.25, 0.3) is 0 Å². The van der Waals surface area contributed by atoms with Crippen molar-refractivity contribution < 1.29 is 9.53 Å². The average molecular weight is 362 g/mol. The summed E-state index contributed by atoms with van der Waals surface area (Å²) in [4.78, 5) is 19.3. The van der Waals surface area contributed by atoms with Crippen LogP contribution in [0.3, 0.4) is 0 Å². The maximum absolute atomic E-state index is 12.7. The molecule has 6 nitrogen and oxygen atoms in total. The molecule has 6 heteroatoms. The Morgan fingerprint density at radius 3 is 2.59 bits per heavy atom. The summed E-state index contributed by atoms with van der Waals surface area (Å²) >= 11 is 0. The fraction of sp³-hybridized carbons (Fsp3) is 0.238. The molecule has 138 valence electrons. The predicted octanol–water partition coefficient (Wildman–Crippen LogP) is 3.02. The topological polar surface area (TPSA) is 59.4 Å². The summed E-state index contributed by atoms with van der Waals surface area (Å²) in [6.45, 7) is 3.84. The number of nitrogens with zero attached hydrogens (tertiary/aromatic N) is 3. The van der Waals surface area contributed by atoms with Gasteiger partial charge >= 0.3 is 0 Å². The van der Waals surface area contributed by atoms with Gasteiger partial charge in [0, 0.05) is 25.8 Å². The Bertz CT molecular complexity index is 884. The molecule has 0 aliphatic carbocycles. The van der Waals surface area contributed by atoms with Crippen LogP contribution in [0, 0.1) is 0 Å². The van der Waals surface area contributed by atoms with Gasteiger partial charge in [-0.15, -0.1) is 0 Å². The highest BCUT2D eigenvalue weighted by atomic mass is 16.5. The quantitative estimate of drug-likeness (QED) is 0.758. The van der Waals surface area contributed by atoms with Gasteiger partial charge in [0.25, 0.3) is 5.91 Å². The molecule has 4 rings (SSSR count). The third-order valence-electron chi connectivity index (χ3n) is 4.62. The van der Waals surface area contributed by atoms with Crippen LogP contribution in [0.2, 0.25) is 0 Å². The van der Waals surface area contributed by atoms with E-state index in [4.69, 9.17) is 4.74 Å². The number of aromatic nitrogens is 2. The van der Waals surface area contributed by atoms with E-state index in [1.165, 1.54) is 0 Å². The van der Waals surface area contributed by atoms with Crippen LogP contribution in [0.5, 0.6) is 0 Å². The molecule has 1 N–H and O–H groups in total. The molecule has 1 aliphatic heterocycles. The van der Waals surface area contributed by atoms with Crippen LogP contribution in [0.1, 0.15) is 16.1 Å². The number of hydrogen-bond acceptors (Lipinski definition) is 4. The van der Waals surface area contributed by atoms with Crippen molar-refractivity contribution in [3.63, 3.8) is 0 Å². The number of rotatable bonds is 5. The van der Waals surface area contributed by atoms with Gasteiger partial charge in [-0.25, -0.2) is 4.98 Å². The maximum Gasteiger partial charge on any atom is 0.273 e. The Kier molecular flexibility index (Phi) is 5.16. The summed E-state index contributed by atoms with van der Waals surface area (Å²) in [5, 5.41) is 2.89. The third-order valence-corrected chi connectivity index (χ3v) is 4.62. The molecule has 1 aliphatic rings. The van der Waals surface area contributed by atoms with Crippen LogP contribution in [-0.2, 0) is 11.3 Å². The lowest BCUT2D eigenvalue weighted by atomic mass is 10.2. The first-order valence-electron chi connectivity index (χ1n) is 9.09. The molecule has 0 spiro atoms. The number of ether oxygens (including phenoxy) is 1. The van der Waals surface area contributed by atoms with Gasteiger partial charge in [-0.05, 0) is 29.8 Å². The van der Waals surface area contributed by atoms with Crippen molar-refractivity contribution in [1.82, 2.24) is 9.55 Å². The number of amides is 1. The van der Waals surface area contributed by atoms with Gasteiger partial charge in [-0.1, -0.05) is 30.3 Å². The second kappa shape index (κ2) is 8.05. The highest BCUT2D eigenvalue weighted by Gasteiger charge is 2.14. The van der Waals surface area contributed by atoms with E-state index in [-0.39, 0.29) is 5.91 Å². The zero-order valence-electron chi connectivity index (χ0n) is 15.0. The molecule has 0 atom stereocenters. The molecule has 0 radical (unpaired) electrons. The lowest BCUT2D eigenvalue weighted by molar-refractivity contribution is 0.101. The van der Waals surface area contributed by atoms with Crippen LogP contribution in [0.15, 0.2) is 67.0 Å². The molecule has 2 aromatic heterocycles. The highest BCUT2D eigenvalue weighted by Crippen LogP contribution is 2.17. The van der Waals surface area contributed by atoms with Crippen molar-refractivity contribution in [3.8, 4) is 0 Å². The number of anilines is 2. The molecular formula is C21H22N4O2. The Labute approximate surface area is 158 Å². The minimum absolute atomic E-state index is 0.164. The summed E-state index contributed by atoms with van der Waals surface area (Å²) in [7, 11) is 0. The van der Waals surface area contributed by atoms with Gasteiger partial charge in [0.05, 0.1) is 25.1 Å². The van der Waals surface area contributed by atoms with E-state index >= 15 is 0 Å². The van der Waals surface area contributed by atoms with Gasteiger partial charge < -0.3 is 19.5 Å². The predicted molar refractivity (Wildman–Crippen MR) is 105 cm³/mol. The van der Waals surface area contributed by atoms with Gasteiger partial charge in [0.15, 0.2) is 0 Å². The van der Waals surface area contributed by atoms with Gasteiger partial charge in [-0.2, -0.15) is 0 Å². The van der Waals surface area contributed by atoms with E-state index in [0.717, 1.165) is 37.6 Å². The molecule has 1 fully saturated rings. The van der Waals surface area contributed by atoms with Crippen molar-refractivity contribution in [2.75, 3.05) is 36.5 Å². The summed E-state index contributed by atoms with van der Waals surface area (Å²) < 4.78 is 7.31. The smallest absolute Gasteiger partial charge is 0.273 e. The van der Waals surface area contributed by atoms with Crippen molar-refractivity contribution in [1.29, 1.82) is 0 Å². The number of pyridine rings is 1. The van der Waals surface area contributed by atoms with E-state index in [1.54, 1.807) is 6.20 Å². The highest BCUT2D eigenvalue weighted by molar-refractivity contribution is 6.02. The zero-order valence-corrected chi connectivity index (χ0v) is 15.0. The summed E-state index contributed by atoms with van der Waals surface area (Å²) in [6.07, 6.45) is 3.71. The van der Waals surface area contributed by atoms with E-state index < -0.39 is 0 Å². The molecule has 1 saturated heterocycles. The second-order valence-corrected chi connectivity index (χ2v) is 6.46. The SMILES string of the molecule is O=C(Nc1ccc(N2CCOCC2)cn1)c1cccn1Cc1ccccc1. The average Bonchev–Trinajstić information content (AvgIpc) is 3.18. The van der Waals surface area contributed by atoms with Gasteiger partial charge in [0.2, 0.25) is 0 Å². The van der Waals surface area contributed by atoms with Crippen molar-refractivity contribution >= 4 is 17.4 Å². The maximum atomic E-state index is 12.7. The molecule has 0 bridgehead atoms. The summed E-state index contributed by atoms with van der Waals surface area (Å²) in [6, 6.07) is 17.6. The van der Waals surface area contributed by atoms with E-state index in [0.29, 0.717) is 18.1 Å². The lowest BCUT2D eigenvalue weighted by Crippen LogP contribution is -2.36. The van der Waals surface area contributed by atoms with Crippen molar-refractivity contribution in [3.05, 3.63) is 78.2 Å². The van der Waals surface area contributed by atoms with E-state index in [9.17, 15) is 4.79 Å². The van der Waals surface area contributed by atoms with Crippen LogP contribution in [-0.4, -0.2) is 41.8 Å². The molecule has 3 aromatic rings. The zero-order chi connectivity index (χ0) is 18.5. The van der Waals surface area contributed by atoms with Crippen LogP contribution >= 0.6 is 0 Å². The van der Waals surface area contributed by atoms with Crippen molar-refractivity contribution in [2.24, 2.45) is 0 Å². The fourth-order valence-corrected chi connectivity index (χ4v) is 3.19. The standard InChI is InChI=1S/C21H22N4O2/c26-21(19-7-4-10-25(19)16-17-5-2-1-3-6-17)23-20-9-8-18(15-22-20)24-11-13-27-14-12-24/h1-10,15H,11-14,16H2,(H,22,23,26). The first kappa shape index (κ1) is 17.3. The van der Waals surface area contributed by atoms with E-state index in [1.807, 2.05) is 65.4 Å². The Morgan fingerprint density at radius 1 is 1.04 bits per heavy atom. The molecule has 3 heterocycles. The van der Waals surface area contributed by atoms with Crippen LogP contribution in [0.4, 0.5) is 11.5 Å². The Balaban J connectivity index is 1.43. The van der Waals surface area contributed by atoms with Gasteiger partial charge in [-0.3, -0.25) is 4.79 Å². The minimum atomic E-state index is -0.164. The fourth-order valence-electron chi connectivity index (χ4n) is 3.19. The molecule has 0 saturated carbocycles.